The lowest BCUT2D eigenvalue weighted by Crippen LogP contribution is -2.22. The molecule has 0 aliphatic carbocycles. The van der Waals surface area contributed by atoms with E-state index < -0.39 is 0 Å². The summed E-state index contributed by atoms with van der Waals surface area (Å²) in [6.45, 7) is 2.89. The molecule has 1 saturated heterocycles. The Kier molecular flexibility index (Phi) is 4.46. The number of nitrogens with zero attached hydrogens (tertiary/aromatic N) is 1. The van der Waals surface area contributed by atoms with Gasteiger partial charge in [0.1, 0.15) is 10.5 Å². The van der Waals surface area contributed by atoms with E-state index in [1.807, 2.05) is 25.1 Å². The number of H-pyrrole nitrogens is 1. The Bertz CT molecular complexity index is 660. The summed E-state index contributed by atoms with van der Waals surface area (Å²) in [5, 5.41) is 0. The van der Waals surface area contributed by atoms with Crippen LogP contribution in [0.25, 0.3) is 11.3 Å². The van der Waals surface area contributed by atoms with Gasteiger partial charge in [0.15, 0.2) is 0 Å². The van der Waals surface area contributed by atoms with E-state index in [-0.39, 0.29) is 6.10 Å². The third-order valence-electron chi connectivity index (χ3n) is 3.96. The molecule has 0 saturated carbocycles. The van der Waals surface area contributed by atoms with E-state index in [1.54, 1.807) is 0 Å². The summed E-state index contributed by atoms with van der Waals surface area (Å²) in [4.78, 5) is 7.99. The van der Waals surface area contributed by atoms with Crippen molar-refractivity contribution in [2.24, 2.45) is 0 Å². The molecule has 1 atom stereocenters. The molecular weight excluding hydrogens is 280 g/mol. The van der Waals surface area contributed by atoms with Crippen molar-refractivity contribution in [2.75, 3.05) is 6.61 Å². The van der Waals surface area contributed by atoms with Crippen LogP contribution >= 0.6 is 12.2 Å². The van der Waals surface area contributed by atoms with E-state index in [4.69, 9.17) is 17.0 Å². The number of hydrogen-bond acceptors (Lipinski definition) is 3. The highest BCUT2D eigenvalue weighted by Crippen LogP contribution is 2.23. The standard InChI is InChI=1S/C17H20N2OS/c1-12-16(13-7-3-2-4-8-13)18-15(19-17(12)21)11-14-9-5-6-10-20-14/h2-4,7-8,14H,5-6,9-11H2,1H3,(H,18,19,21). The van der Waals surface area contributed by atoms with Gasteiger partial charge in [-0.3, -0.25) is 0 Å². The van der Waals surface area contributed by atoms with Crippen LogP contribution in [0.3, 0.4) is 0 Å². The Balaban J connectivity index is 1.92. The summed E-state index contributed by atoms with van der Waals surface area (Å²) in [6.07, 6.45) is 4.59. The van der Waals surface area contributed by atoms with E-state index in [0.29, 0.717) is 4.64 Å². The lowest BCUT2D eigenvalue weighted by Gasteiger charge is -2.22. The van der Waals surface area contributed by atoms with E-state index in [1.165, 1.54) is 12.8 Å². The molecule has 1 aliphatic heterocycles. The molecule has 1 aromatic heterocycles. The molecule has 0 spiro atoms. The second kappa shape index (κ2) is 6.50. The van der Waals surface area contributed by atoms with Crippen LogP contribution in [0.4, 0.5) is 0 Å². The first kappa shape index (κ1) is 14.4. The van der Waals surface area contributed by atoms with Crippen LogP contribution in [0.1, 0.15) is 30.7 Å². The van der Waals surface area contributed by atoms with Crippen LogP contribution in [0, 0.1) is 11.6 Å². The molecule has 3 nitrogen and oxygen atoms in total. The van der Waals surface area contributed by atoms with E-state index in [0.717, 1.165) is 42.1 Å². The van der Waals surface area contributed by atoms with Crippen molar-refractivity contribution in [1.29, 1.82) is 0 Å². The Hall–Kier alpha value is -1.52. The van der Waals surface area contributed by atoms with Crippen molar-refractivity contribution in [3.63, 3.8) is 0 Å². The van der Waals surface area contributed by atoms with Gasteiger partial charge in [0, 0.05) is 18.6 Å². The third-order valence-corrected chi connectivity index (χ3v) is 4.36. The molecule has 4 heteroatoms. The zero-order valence-electron chi connectivity index (χ0n) is 12.3. The highest BCUT2D eigenvalue weighted by atomic mass is 32.1. The summed E-state index contributed by atoms with van der Waals surface area (Å²) in [7, 11) is 0. The topological polar surface area (TPSA) is 37.9 Å². The maximum absolute atomic E-state index is 5.80. The molecule has 0 bridgehead atoms. The molecule has 1 N–H and O–H groups in total. The number of rotatable bonds is 3. The van der Waals surface area contributed by atoms with Gasteiger partial charge in [-0.15, -0.1) is 0 Å². The average molecular weight is 300 g/mol. The molecule has 110 valence electrons. The lowest BCUT2D eigenvalue weighted by molar-refractivity contribution is 0.0156. The van der Waals surface area contributed by atoms with Crippen LogP contribution in [-0.2, 0) is 11.2 Å². The summed E-state index contributed by atoms with van der Waals surface area (Å²) in [6, 6.07) is 10.3. The predicted octanol–water partition coefficient (Wildman–Crippen LogP) is 4.23. The fourth-order valence-corrected chi connectivity index (χ4v) is 2.97. The smallest absolute Gasteiger partial charge is 0.133 e. The lowest BCUT2D eigenvalue weighted by atomic mass is 10.0. The monoisotopic (exact) mass is 300 g/mol. The normalized spacial score (nSPS) is 18.6. The molecule has 1 aliphatic rings. The summed E-state index contributed by atoms with van der Waals surface area (Å²) in [5.41, 5.74) is 3.25. The molecule has 3 rings (SSSR count). The quantitative estimate of drug-likeness (QED) is 0.862. The molecule has 0 amide bonds. The van der Waals surface area contributed by atoms with Crippen molar-refractivity contribution in [1.82, 2.24) is 9.97 Å². The van der Waals surface area contributed by atoms with Crippen LogP contribution in [-0.4, -0.2) is 22.7 Å². The van der Waals surface area contributed by atoms with Crippen LogP contribution in [0.2, 0.25) is 0 Å². The first-order chi connectivity index (χ1) is 10.2. The summed E-state index contributed by atoms with van der Waals surface area (Å²) < 4.78 is 6.48. The number of aromatic nitrogens is 2. The zero-order valence-corrected chi connectivity index (χ0v) is 13.1. The molecule has 2 heterocycles. The minimum atomic E-state index is 0.267. The van der Waals surface area contributed by atoms with Gasteiger partial charge in [-0.25, -0.2) is 4.98 Å². The van der Waals surface area contributed by atoms with Crippen molar-refractivity contribution in [3.05, 3.63) is 46.4 Å². The van der Waals surface area contributed by atoms with Crippen molar-refractivity contribution >= 4 is 12.2 Å². The predicted molar refractivity (Wildman–Crippen MR) is 86.9 cm³/mol. The van der Waals surface area contributed by atoms with E-state index in [2.05, 4.69) is 22.1 Å². The second-order valence-corrected chi connectivity index (χ2v) is 5.93. The van der Waals surface area contributed by atoms with Gasteiger partial charge < -0.3 is 9.72 Å². The minimum absolute atomic E-state index is 0.267. The van der Waals surface area contributed by atoms with Gasteiger partial charge in [0.25, 0.3) is 0 Å². The number of hydrogen-bond donors (Lipinski definition) is 1. The molecule has 1 fully saturated rings. The average Bonchev–Trinajstić information content (AvgIpc) is 2.52. The highest BCUT2D eigenvalue weighted by Gasteiger charge is 2.16. The summed E-state index contributed by atoms with van der Waals surface area (Å²) >= 11 is 5.42. The van der Waals surface area contributed by atoms with Crippen LogP contribution < -0.4 is 0 Å². The number of ether oxygens (including phenoxy) is 1. The molecule has 21 heavy (non-hydrogen) atoms. The third kappa shape index (κ3) is 3.39. The first-order valence-corrected chi connectivity index (χ1v) is 7.91. The number of benzene rings is 1. The zero-order chi connectivity index (χ0) is 14.7. The molecule has 1 unspecified atom stereocenters. The Morgan fingerprint density at radius 1 is 1.29 bits per heavy atom. The fraction of sp³-hybridized carbons (Fsp3) is 0.412. The van der Waals surface area contributed by atoms with E-state index >= 15 is 0 Å². The Morgan fingerprint density at radius 2 is 2.10 bits per heavy atom. The van der Waals surface area contributed by atoms with Crippen LogP contribution in [0.5, 0.6) is 0 Å². The molecular formula is C17H20N2OS. The van der Waals surface area contributed by atoms with Gasteiger partial charge >= 0.3 is 0 Å². The number of nitrogens with one attached hydrogen (secondary N) is 1. The molecule has 0 radical (unpaired) electrons. The van der Waals surface area contributed by atoms with Gasteiger partial charge in [-0.2, -0.15) is 0 Å². The highest BCUT2D eigenvalue weighted by molar-refractivity contribution is 7.71. The van der Waals surface area contributed by atoms with Crippen molar-refractivity contribution < 1.29 is 4.74 Å². The van der Waals surface area contributed by atoms with Gasteiger partial charge in [-0.05, 0) is 31.7 Å². The number of aromatic amines is 1. The van der Waals surface area contributed by atoms with Crippen molar-refractivity contribution in [3.8, 4) is 11.3 Å². The summed E-state index contributed by atoms with van der Waals surface area (Å²) in [5.74, 6) is 0.927. The van der Waals surface area contributed by atoms with Gasteiger partial charge in [0.05, 0.1) is 11.8 Å². The SMILES string of the molecule is Cc1c(-c2ccccc2)[nH]c(CC2CCCCO2)nc1=S. The van der Waals surface area contributed by atoms with Gasteiger partial charge in [0.2, 0.25) is 0 Å². The van der Waals surface area contributed by atoms with E-state index in [9.17, 15) is 0 Å². The van der Waals surface area contributed by atoms with Crippen LogP contribution in [0.15, 0.2) is 30.3 Å². The fourth-order valence-electron chi connectivity index (χ4n) is 2.75. The maximum Gasteiger partial charge on any atom is 0.133 e. The maximum atomic E-state index is 5.80. The largest absolute Gasteiger partial charge is 0.378 e. The van der Waals surface area contributed by atoms with Crippen molar-refractivity contribution in [2.45, 2.75) is 38.7 Å². The Morgan fingerprint density at radius 3 is 2.81 bits per heavy atom. The molecule has 1 aromatic carbocycles. The second-order valence-electron chi connectivity index (χ2n) is 5.55. The van der Waals surface area contributed by atoms with Gasteiger partial charge in [-0.1, -0.05) is 42.5 Å². The first-order valence-electron chi connectivity index (χ1n) is 7.51. The minimum Gasteiger partial charge on any atom is -0.378 e. The molecule has 2 aromatic rings. The Labute approximate surface area is 130 Å².